The zero-order chi connectivity index (χ0) is 16.6. The number of esters is 1. The van der Waals surface area contributed by atoms with Crippen molar-refractivity contribution in [3.05, 3.63) is 35.9 Å². The molecule has 0 radical (unpaired) electrons. The van der Waals surface area contributed by atoms with Crippen molar-refractivity contribution in [1.82, 2.24) is 0 Å². The van der Waals surface area contributed by atoms with E-state index in [4.69, 9.17) is 23.7 Å². The molecule has 0 saturated carbocycles. The molecule has 2 unspecified atom stereocenters. The van der Waals surface area contributed by atoms with Gasteiger partial charge in [0.15, 0.2) is 12.1 Å². The van der Waals surface area contributed by atoms with Crippen molar-refractivity contribution in [2.24, 2.45) is 0 Å². The lowest BCUT2D eigenvalue weighted by molar-refractivity contribution is -0.235. The van der Waals surface area contributed by atoms with Gasteiger partial charge in [0.1, 0.15) is 24.4 Å². The minimum absolute atomic E-state index is 0.335. The molecule has 2 heterocycles. The summed E-state index contributed by atoms with van der Waals surface area (Å²) >= 11 is 0. The number of rotatable bonds is 4. The molecule has 2 fully saturated rings. The molecule has 0 N–H and O–H groups in total. The third-order valence-corrected chi connectivity index (χ3v) is 4.04. The summed E-state index contributed by atoms with van der Waals surface area (Å²) in [6, 6.07) is 8.86. The van der Waals surface area contributed by atoms with E-state index < -0.39 is 30.3 Å². The first-order chi connectivity index (χ1) is 10.9. The smallest absolute Gasteiger partial charge is 0.338 e. The number of methoxy groups -OCH3 is 1. The molecule has 5 atom stereocenters. The lowest BCUT2D eigenvalue weighted by Gasteiger charge is -2.26. The lowest BCUT2D eigenvalue weighted by Crippen LogP contribution is -2.39. The van der Waals surface area contributed by atoms with Crippen LogP contribution < -0.4 is 0 Å². The summed E-state index contributed by atoms with van der Waals surface area (Å²) in [6.45, 7) is 5.47. The van der Waals surface area contributed by atoms with E-state index in [2.05, 4.69) is 0 Å². The van der Waals surface area contributed by atoms with E-state index in [0.29, 0.717) is 5.56 Å². The van der Waals surface area contributed by atoms with Crippen LogP contribution in [-0.2, 0) is 23.7 Å². The highest BCUT2D eigenvalue weighted by atomic mass is 16.8. The molecule has 126 valence electrons. The highest BCUT2D eigenvalue weighted by molar-refractivity contribution is 5.89. The largest absolute Gasteiger partial charge is 0.456 e. The van der Waals surface area contributed by atoms with Gasteiger partial charge in [0.2, 0.25) is 0 Å². The fourth-order valence-electron chi connectivity index (χ4n) is 3.04. The summed E-state index contributed by atoms with van der Waals surface area (Å²) < 4.78 is 28.4. The molecule has 23 heavy (non-hydrogen) atoms. The molecular formula is C17H22O6. The van der Waals surface area contributed by atoms with Gasteiger partial charge in [-0.2, -0.15) is 0 Å². The van der Waals surface area contributed by atoms with Gasteiger partial charge >= 0.3 is 5.97 Å². The molecule has 6 nitrogen and oxygen atoms in total. The molecule has 0 amide bonds. The summed E-state index contributed by atoms with van der Waals surface area (Å²) in [7, 11) is 1.55. The molecule has 2 saturated heterocycles. The Labute approximate surface area is 135 Å². The number of ether oxygens (including phenoxy) is 5. The highest BCUT2D eigenvalue weighted by Gasteiger charge is 2.57. The van der Waals surface area contributed by atoms with E-state index in [-0.39, 0.29) is 12.2 Å². The van der Waals surface area contributed by atoms with Crippen molar-refractivity contribution < 1.29 is 28.5 Å². The van der Waals surface area contributed by atoms with Crippen LogP contribution in [0.5, 0.6) is 0 Å². The number of fused-ring (bicyclic) bond motifs is 1. The van der Waals surface area contributed by atoms with Crippen molar-refractivity contribution in [3.8, 4) is 0 Å². The lowest BCUT2D eigenvalue weighted by atomic mass is 10.1. The van der Waals surface area contributed by atoms with Gasteiger partial charge in [0.25, 0.3) is 0 Å². The van der Waals surface area contributed by atoms with Crippen LogP contribution in [-0.4, -0.2) is 49.6 Å². The van der Waals surface area contributed by atoms with E-state index in [0.717, 1.165) is 0 Å². The predicted molar refractivity (Wildman–Crippen MR) is 80.8 cm³/mol. The molecule has 2 aliphatic heterocycles. The standard InChI is InChI=1S/C17H22O6/c1-10(20-15(18)11-8-6-5-7-9-11)12-13-14(16(19-4)21-12)23-17(2,3)22-13/h5-10,12-14,16H,1-4H3/t10?,12-,13-,14-,16?/m1/s1. The van der Waals surface area contributed by atoms with Crippen LogP contribution >= 0.6 is 0 Å². The average Bonchev–Trinajstić information content (AvgIpc) is 3.00. The molecule has 0 spiro atoms. The minimum atomic E-state index is -0.711. The normalized spacial score (nSPS) is 33.2. The quantitative estimate of drug-likeness (QED) is 0.791. The third-order valence-electron chi connectivity index (χ3n) is 4.04. The Bertz CT molecular complexity index is 557. The third kappa shape index (κ3) is 3.26. The number of benzene rings is 1. The summed E-state index contributed by atoms with van der Waals surface area (Å²) in [5, 5.41) is 0. The number of carbonyl (C=O) groups is 1. The fraction of sp³-hybridized carbons (Fsp3) is 0.588. The Morgan fingerprint density at radius 3 is 2.48 bits per heavy atom. The maximum Gasteiger partial charge on any atom is 0.338 e. The molecule has 0 aliphatic carbocycles. The van der Waals surface area contributed by atoms with Gasteiger partial charge in [-0.05, 0) is 32.9 Å². The molecular weight excluding hydrogens is 300 g/mol. The number of hydrogen-bond donors (Lipinski definition) is 0. The average molecular weight is 322 g/mol. The minimum Gasteiger partial charge on any atom is -0.456 e. The van der Waals surface area contributed by atoms with E-state index in [1.54, 1.807) is 38.3 Å². The van der Waals surface area contributed by atoms with Crippen LogP contribution in [0.4, 0.5) is 0 Å². The Kier molecular flexibility index (Phi) is 4.42. The van der Waals surface area contributed by atoms with Gasteiger partial charge < -0.3 is 23.7 Å². The van der Waals surface area contributed by atoms with Crippen molar-refractivity contribution >= 4 is 5.97 Å². The topological polar surface area (TPSA) is 63.2 Å². The van der Waals surface area contributed by atoms with Crippen molar-refractivity contribution in [3.63, 3.8) is 0 Å². The summed E-state index contributed by atoms with van der Waals surface area (Å²) in [4.78, 5) is 12.2. The van der Waals surface area contributed by atoms with Gasteiger partial charge in [-0.15, -0.1) is 0 Å². The molecule has 1 aromatic rings. The number of hydrogen-bond acceptors (Lipinski definition) is 6. The van der Waals surface area contributed by atoms with Gasteiger partial charge in [0.05, 0.1) is 5.56 Å². The molecule has 1 aromatic carbocycles. The zero-order valence-corrected chi connectivity index (χ0v) is 13.7. The maximum absolute atomic E-state index is 12.2. The van der Waals surface area contributed by atoms with Crippen LogP contribution in [0.15, 0.2) is 30.3 Å². The maximum atomic E-state index is 12.2. The summed E-state index contributed by atoms with van der Waals surface area (Å²) in [5.74, 6) is -1.10. The van der Waals surface area contributed by atoms with Crippen molar-refractivity contribution in [2.45, 2.75) is 57.3 Å². The highest BCUT2D eigenvalue weighted by Crippen LogP contribution is 2.40. The van der Waals surface area contributed by atoms with Crippen LogP contribution in [0.2, 0.25) is 0 Å². The Morgan fingerprint density at radius 1 is 1.17 bits per heavy atom. The van der Waals surface area contributed by atoms with Crippen molar-refractivity contribution in [1.29, 1.82) is 0 Å². The molecule has 2 aliphatic rings. The van der Waals surface area contributed by atoms with Crippen LogP contribution in [0.25, 0.3) is 0 Å². The summed E-state index contributed by atoms with van der Waals surface area (Å²) in [6.07, 6.45) is -2.15. The first-order valence-corrected chi connectivity index (χ1v) is 7.71. The summed E-state index contributed by atoms with van der Waals surface area (Å²) in [5.41, 5.74) is 0.501. The van der Waals surface area contributed by atoms with Gasteiger partial charge in [-0.3, -0.25) is 0 Å². The van der Waals surface area contributed by atoms with E-state index in [9.17, 15) is 4.79 Å². The zero-order valence-electron chi connectivity index (χ0n) is 13.7. The number of carbonyl (C=O) groups excluding carboxylic acids is 1. The molecule has 3 rings (SSSR count). The second-order valence-electron chi connectivity index (χ2n) is 6.25. The van der Waals surface area contributed by atoms with E-state index in [1.807, 2.05) is 19.9 Å². The van der Waals surface area contributed by atoms with Crippen LogP contribution in [0.1, 0.15) is 31.1 Å². The monoisotopic (exact) mass is 322 g/mol. The fourth-order valence-corrected chi connectivity index (χ4v) is 3.04. The Hall–Kier alpha value is -1.47. The predicted octanol–water partition coefficient (Wildman–Crippen LogP) is 2.12. The van der Waals surface area contributed by atoms with Crippen LogP contribution in [0, 0.1) is 0 Å². The first kappa shape index (κ1) is 16.4. The molecule has 0 aromatic heterocycles. The van der Waals surface area contributed by atoms with Gasteiger partial charge in [-0.25, -0.2) is 4.79 Å². The first-order valence-electron chi connectivity index (χ1n) is 7.71. The van der Waals surface area contributed by atoms with Crippen LogP contribution in [0.3, 0.4) is 0 Å². The second kappa shape index (κ2) is 6.20. The second-order valence-corrected chi connectivity index (χ2v) is 6.25. The van der Waals surface area contributed by atoms with Gasteiger partial charge in [0, 0.05) is 7.11 Å². The van der Waals surface area contributed by atoms with E-state index in [1.165, 1.54) is 0 Å². The Balaban J connectivity index is 1.70. The molecule has 0 bridgehead atoms. The molecule has 6 heteroatoms. The van der Waals surface area contributed by atoms with Gasteiger partial charge in [-0.1, -0.05) is 18.2 Å². The Morgan fingerprint density at radius 2 is 1.83 bits per heavy atom. The van der Waals surface area contributed by atoms with Crippen molar-refractivity contribution in [2.75, 3.05) is 7.11 Å². The van der Waals surface area contributed by atoms with E-state index >= 15 is 0 Å². The SMILES string of the molecule is COC1O[C@H](C(C)OC(=O)c2ccccc2)[C@H]2OC(C)(C)O[C@@H]12.